The Kier molecular flexibility index (Phi) is 7.59. The molecule has 1 atom stereocenters. The van der Waals surface area contributed by atoms with E-state index in [1.165, 1.54) is 21.9 Å². The predicted octanol–water partition coefficient (Wildman–Crippen LogP) is 4.21. The molecule has 0 aliphatic heterocycles. The molecule has 0 bridgehead atoms. The second kappa shape index (κ2) is 8.42. The highest BCUT2D eigenvalue weighted by Gasteiger charge is 2.14. The highest BCUT2D eigenvalue weighted by Crippen LogP contribution is 2.20. The van der Waals surface area contributed by atoms with Gasteiger partial charge in [0.1, 0.15) is 0 Å². The molecule has 1 aromatic rings. The molecule has 1 unspecified atom stereocenters. The Morgan fingerprint density at radius 1 is 1.30 bits per heavy atom. The van der Waals surface area contributed by atoms with Gasteiger partial charge in [-0.25, -0.2) is 0 Å². The minimum absolute atomic E-state index is 0.187. The molecule has 1 rings (SSSR count). The zero-order valence-corrected chi connectivity index (χ0v) is 15.5. The topological polar surface area (TPSA) is 15.3 Å². The Bertz CT molecular complexity index is 382. The van der Waals surface area contributed by atoms with Gasteiger partial charge in [-0.3, -0.25) is 4.90 Å². The summed E-state index contributed by atoms with van der Waals surface area (Å²) in [7, 11) is 2.25. The summed E-state index contributed by atoms with van der Waals surface area (Å²) in [6.07, 6.45) is 3.42. The Hall–Kier alpha value is -0.0300. The van der Waals surface area contributed by atoms with Gasteiger partial charge in [0.2, 0.25) is 0 Å². The van der Waals surface area contributed by atoms with Gasteiger partial charge in [-0.1, -0.05) is 6.92 Å². The molecule has 0 amide bonds. The van der Waals surface area contributed by atoms with Gasteiger partial charge in [0.25, 0.3) is 0 Å². The van der Waals surface area contributed by atoms with E-state index in [1.807, 2.05) is 23.1 Å². The molecule has 0 saturated carbocycles. The molecular weight excluding hydrogens is 284 g/mol. The van der Waals surface area contributed by atoms with Gasteiger partial charge >= 0.3 is 0 Å². The maximum atomic E-state index is 3.55. The van der Waals surface area contributed by atoms with Crippen LogP contribution >= 0.6 is 23.1 Å². The van der Waals surface area contributed by atoms with Crippen LogP contribution in [0.1, 0.15) is 43.9 Å². The van der Waals surface area contributed by atoms with Crippen molar-refractivity contribution in [2.45, 2.75) is 58.8 Å². The maximum absolute atomic E-state index is 3.55. The first-order chi connectivity index (χ1) is 9.35. The molecule has 0 saturated heterocycles. The van der Waals surface area contributed by atoms with Crippen molar-refractivity contribution < 1.29 is 0 Å². The van der Waals surface area contributed by atoms with E-state index in [1.54, 1.807) is 0 Å². The van der Waals surface area contributed by atoms with Crippen molar-refractivity contribution in [2.75, 3.05) is 19.1 Å². The lowest BCUT2D eigenvalue weighted by atomic mass is 10.1. The summed E-state index contributed by atoms with van der Waals surface area (Å²) in [4.78, 5) is 5.39. The molecule has 2 nitrogen and oxygen atoms in total. The lowest BCUT2D eigenvalue weighted by Crippen LogP contribution is -2.34. The Balaban J connectivity index is 2.50. The standard InChI is InChI=1S/C16H30N2S2/c1-7-13(12-19-6)18(5)11-15-9-8-14(20-15)10-17-16(2,3)4/h8-9,13,17H,7,10-12H2,1-6H3. The van der Waals surface area contributed by atoms with Crippen LogP contribution < -0.4 is 5.32 Å². The van der Waals surface area contributed by atoms with Crippen LogP contribution in [0.15, 0.2) is 12.1 Å². The number of thiophene rings is 1. The van der Waals surface area contributed by atoms with E-state index < -0.39 is 0 Å². The lowest BCUT2D eigenvalue weighted by molar-refractivity contribution is 0.250. The zero-order chi connectivity index (χ0) is 15.2. The summed E-state index contributed by atoms with van der Waals surface area (Å²) in [5, 5.41) is 3.55. The average Bonchev–Trinajstić information content (AvgIpc) is 2.80. The van der Waals surface area contributed by atoms with Crippen molar-refractivity contribution in [2.24, 2.45) is 0 Å². The van der Waals surface area contributed by atoms with Gasteiger partial charge in [-0.15, -0.1) is 11.3 Å². The second-order valence-electron chi connectivity index (χ2n) is 6.40. The summed E-state index contributed by atoms with van der Waals surface area (Å²) in [6.45, 7) is 11.0. The number of hydrogen-bond acceptors (Lipinski definition) is 4. The van der Waals surface area contributed by atoms with E-state index >= 15 is 0 Å². The number of rotatable bonds is 8. The van der Waals surface area contributed by atoms with Crippen LogP contribution in [0.5, 0.6) is 0 Å². The molecular formula is C16H30N2S2. The van der Waals surface area contributed by atoms with Gasteiger partial charge < -0.3 is 5.32 Å². The first-order valence-electron chi connectivity index (χ1n) is 7.37. The summed E-state index contributed by atoms with van der Waals surface area (Å²) in [5.74, 6) is 1.22. The zero-order valence-electron chi connectivity index (χ0n) is 13.8. The van der Waals surface area contributed by atoms with E-state index in [0.717, 1.165) is 13.1 Å². The summed E-state index contributed by atoms with van der Waals surface area (Å²) in [5.41, 5.74) is 0.187. The summed E-state index contributed by atoms with van der Waals surface area (Å²) in [6, 6.07) is 5.23. The molecule has 116 valence electrons. The Morgan fingerprint density at radius 3 is 2.50 bits per heavy atom. The molecule has 0 radical (unpaired) electrons. The van der Waals surface area contributed by atoms with Crippen molar-refractivity contribution in [3.63, 3.8) is 0 Å². The molecule has 1 heterocycles. The highest BCUT2D eigenvalue weighted by atomic mass is 32.2. The van der Waals surface area contributed by atoms with Crippen LogP contribution in [0.3, 0.4) is 0 Å². The minimum atomic E-state index is 0.187. The molecule has 0 spiro atoms. The molecule has 0 aromatic carbocycles. The van der Waals surface area contributed by atoms with E-state index in [0.29, 0.717) is 6.04 Å². The van der Waals surface area contributed by atoms with Crippen molar-refractivity contribution in [1.82, 2.24) is 10.2 Å². The van der Waals surface area contributed by atoms with E-state index in [2.05, 4.69) is 63.3 Å². The first-order valence-corrected chi connectivity index (χ1v) is 9.58. The SMILES string of the molecule is CCC(CSC)N(C)Cc1ccc(CNC(C)(C)C)s1. The monoisotopic (exact) mass is 314 g/mol. The van der Waals surface area contributed by atoms with Crippen LogP contribution in [0.2, 0.25) is 0 Å². The number of thioether (sulfide) groups is 1. The Labute approximate surface area is 133 Å². The van der Waals surface area contributed by atoms with Gasteiger partial charge in [0, 0.05) is 40.2 Å². The average molecular weight is 315 g/mol. The fourth-order valence-corrected chi connectivity index (χ4v) is 3.98. The largest absolute Gasteiger partial charge is 0.307 e. The number of nitrogens with one attached hydrogen (secondary N) is 1. The predicted molar refractivity (Wildman–Crippen MR) is 94.8 cm³/mol. The molecule has 1 N–H and O–H groups in total. The van der Waals surface area contributed by atoms with E-state index in [9.17, 15) is 0 Å². The molecule has 4 heteroatoms. The van der Waals surface area contributed by atoms with Crippen molar-refractivity contribution in [3.05, 3.63) is 21.9 Å². The fraction of sp³-hybridized carbons (Fsp3) is 0.750. The third kappa shape index (κ3) is 6.61. The van der Waals surface area contributed by atoms with Crippen LogP contribution in [0.25, 0.3) is 0 Å². The smallest absolute Gasteiger partial charge is 0.0328 e. The summed E-state index contributed by atoms with van der Waals surface area (Å²) >= 11 is 3.88. The third-order valence-electron chi connectivity index (χ3n) is 3.37. The lowest BCUT2D eigenvalue weighted by Gasteiger charge is -2.26. The molecule has 1 aromatic heterocycles. The van der Waals surface area contributed by atoms with Gasteiger partial charge in [-0.05, 0) is 52.6 Å². The van der Waals surface area contributed by atoms with Crippen LogP contribution in [0, 0.1) is 0 Å². The molecule has 0 aliphatic carbocycles. The highest BCUT2D eigenvalue weighted by molar-refractivity contribution is 7.98. The van der Waals surface area contributed by atoms with Gasteiger partial charge in [-0.2, -0.15) is 11.8 Å². The molecule has 20 heavy (non-hydrogen) atoms. The van der Waals surface area contributed by atoms with Crippen molar-refractivity contribution in [3.8, 4) is 0 Å². The maximum Gasteiger partial charge on any atom is 0.0328 e. The fourth-order valence-electron chi connectivity index (χ4n) is 2.08. The quantitative estimate of drug-likeness (QED) is 0.774. The number of nitrogens with zero attached hydrogens (tertiary/aromatic N) is 1. The molecule has 0 aliphatic rings. The van der Waals surface area contributed by atoms with Crippen molar-refractivity contribution in [1.29, 1.82) is 0 Å². The van der Waals surface area contributed by atoms with E-state index in [-0.39, 0.29) is 5.54 Å². The first kappa shape index (κ1) is 18.0. The minimum Gasteiger partial charge on any atom is -0.307 e. The normalized spacial score (nSPS) is 13.9. The van der Waals surface area contributed by atoms with Gasteiger partial charge in [0.05, 0.1) is 0 Å². The van der Waals surface area contributed by atoms with Crippen LogP contribution in [-0.4, -0.2) is 35.5 Å². The third-order valence-corrected chi connectivity index (χ3v) is 5.16. The number of hydrogen-bond donors (Lipinski definition) is 1. The Morgan fingerprint density at radius 2 is 1.95 bits per heavy atom. The van der Waals surface area contributed by atoms with E-state index in [4.69, 9.17) is 0 Å². The van der Waals surface area contributed by atoms with Crippen LogP contribution in [0.4, 0.5) is 0 Å². The summed E-state index contributed by atoms with van der Waals surface area (Å²) < 4.78 is 0. The van der Waals surface area contributed by atoms with Crippen molar-refractivity contribution >= 4 is 23.1 Å². The molecule has 0 fully saturated rings. The van der Waals surface area contributed by atoms with Gasteiger partial charge in [0.15, 0.2) is 0 Å². The van der Waals surface area contributed by atoms with Crippen LogP contribution in [-0.2, 0) is 13.1 Å². The second-order valence-corrected chi connectivity index (χ2v) is 8.57.